The first-order valence-corrected chi connectivity index (χ1v) is 11.3. The summed E-state index contributed by atoms with van der Waals surface area (Å²) in [7, 11) is 0. The average Bonchev–Trinajstić information content (AvgIpc) is 3.31. The van der Waals surface area contributed by atoms with Crippen LogP contribution in [0.25, 0.3) is 15.9 Å². The van der Waals surface area contributed by atoms with Gasteiger partial charge < -0.3 is 10.1 Å². The number of nitrogens with zero attached hydrogens (tertiary/aromatic N) is 2. The normalized spacial score (nSPS) is 21.5. The van der Waals surface area contributed by atoms with Gasteiger partial charge in [0.15, 0.2) is 6.61 Å². The highest BCUT2D eigenvalue weighted by atomic mass is 32.1. The molecule has 3 atom stereocenters. The Morgan fingerprint density at radius 2 is 2.00 bits per heavy atom. The van der Waals surface area contributed by atoms with E-state index in [1.807, 2.05) is 41.9 Å². The number of fused-ring (bicyclic) bond motifs is 1. The Bertz CT molecular complexity index is 1060. The number of carbonyl (C=O) groups is 2. The molecule has 0 spiro atoms. The van der Waals surface area contributed by atoms with Gasteiger partial charge in [-0.05, 0) is 43.4 Å². The molecule has 1 fully saturated rings. The summed E-state index contributed by atoms with van der Waals surface area (Å²) in [5.41, 5.74) is 1.79. The zero-order valence-corrected chi connectivity index (χ0v) is 18.4. The van der Waals surface area contributed by atoms with Crippen molar-refractivity contribution in [3.8, 4) is 5.69 Å². The lowest BCUT2D eigenvalue weighted by Gasteiger charge is -2.34. The van der Waals surface area contributed by atoms with E-state index in [0.717, 1.165) is 34.4 Å². The number of benzene rings is 1. The number of aryl methyl sites for hydroxylation is 1. The van der Waals surface area contributed by atoms with E-state index in [9.17, 15) is 9.59 Å². The molecule has 6 nitrogen and oxygen atoms in total. The van der Waals surface area contributed by atoms with E-state index in [2.05, 4.69) is 24.3 Å². The number of ether oxygens (including phenoxy) is 1. The van der Waals surface area contributed by atoms with E-state index in [0.29, 0.717) is 16.7 Å². The molecule has 0 bridgehead atoms. The number of nitrogens with one attached hydrogen (secondary N) is 1. The third kappa shape index (κ3) is 4.12. The van der Waals surface area contributed by atoms with Gasteiger partial charge in [0.25, 0.3) is 5.91 Å². The van der Waals surface area contributed by atoms with Crippen molar-refractivity contribution in [2.45, 2.75) is 46.1 Å². The van der Waals surface area contributed by atoms with Gasteiger partial charge in [-0.2, -0.15) is 5.10 Å². The van der Waals surface area contributed by atoms with Crippen molar-refractivity contribution in [3.05, 3.63) is 47.0 Å². The molecule has 0 radical (unpaired) electrons. The second-order valence-electron chi connectivity index (χ2n) is 8.18. The summed E-state index contributed by atoms with van der Waals surface area (Å²) in [6.07, 6.45) is 3.31. The summed E-state index contributed by atoms with van der Waals surface area (Å²) in [5.74, 6) is 0.319. The summed E-state index contributed by atoms with van der Waals surface area (Å²) >= 11 is 1.33. The molecule has 3 aromatic rings. The Labute approximate surface area is 180 Å². The minimum absolute atomic E-state index is 0.156. The number of aromatic nitrogens is 2. The van der Waals surface area contributed by atoms with E-state index in [4.69, 9.17) is 4.74 Å². The smallest absolute Gasteiger partial charge is 0.348 e. The van der Waals surface area contributed by atoms with Gasteiger partial charge in [0.05, 0.1) is 11.4 Å². The molecular formula is C23H27N3O3S. The Morgan fingerprint density at radius 1 is 1.23 bits per heavy atom. The monoisotopic (exact) mass is 425 g/mol. The molecule has 4 rings (SSSR count). The molecule has 1 saturated carbocycles. The van der Waals surface area contributed by atoms with Crippen LogP contribution in [0.1, 0.15) is 48.5 Å². The van der Waals surface area contributed by atoms with Crippen LogP contribution in [0.3, 0.4) is 0 Å². The van der Waals surface area contributed by atoms with E-state index < -0.39 is 5.97 Å². The minimum atomic E-state index is -0.476. The highest BCUT2D eigenvalue weighted by molar-refractivity contribution is 7.20. The molecule has 158 valence electrons. The molecule has 0 unspecified atom stereocenters. The van der Waals surface area contributed by atoms with Crippen molar-refractivity contribution < 1.29 is 14.3 Å². The molecule has 1 aromatic carbocycles. The maximum Gasteiger partial charge on any atom is 0.348 e. The molecule has 30 heavy (non-hydrogen) atoms. The maximum atomic E-state index is 12.6. The first kappa shape index (κ1) is 20.6. The second-order valence-corrected chi connectivity index (χ2v) is 9.21. The minimum Gasteiger partial charge on any atom is -0.451 e. The third-order valence-corrected chi connectivity index (χ3v) is 7.22. The number of para-hydroxylation sites is 1. The Morgan fingerprint density at radius 3 is 2.77 bits per heavy atom. The molecule has 2 aromatic heterocycles. The van der Waals surface area contributed by atoms with E-state index in [1.165, 1.54) is 17.8 Å². The summed E-state index contributed by atoms with van der Waals surface area (Å²) in [5, 5.41) is 8.55. The summed E-state index contributed by atoms with van der Waals surface area (Å²) in [6.45, 7) is 6.07. The van der Waals surface area contributed by atoms with Crippen LogP contribution in [-0.2, 0) is 9.53 Å². The number of amides is 1. The topological polar surface area (TPSA) is 73.2 Å². The second kappa shape index (κ2) is 8.60. The van der Waals surface area contributed by atoms with E-state index in [1.54, 1.807) is 6.07 Å². The van der Waals surface area contributed by atoms with Crippen molar-refractivity contribution in [3.63, 3.8) is 0 Å². The lowest BCUT2D eigenvalue weighted by Crippen LogP contribution is -2.45. The third-order valence-electron chi connectivity index (χ3n) is 6.13. The molecule has 0 saturated heterocycles. The molecule has 7 heteroatoms. The van der Waals surface area contributed by atoms with Crippen LogP contribution >= 0.6 is 11.3 Å². The zero-order chi connectivity index (χ0) is 21.3. The van der Waals surface area contributed by atoms with Gasteiger partial charge in [-0.15, -0.1) is 11.3 Å². The zero-order valence-electron chi connectivity index (χ0n) is 17.6. The van der Waals surface area contributed by atoms with Crippen LogP contribution in [0.2, 0.25) is 0 Å². The van der Waals surface area contributed by atoms with Gasteiger partial charge in [-0.3, -0.25) is 4.79 Å². The Kier molecular flexibility index (Phi) is 5.90. The maximum absolute atomic E-state index is 12.6. The fourth-order valence-electron chi connectivity index (χ4n) is 4.13. The van der Waals surface area contributed by atoms with Gasteiger partial charge in [0.2, 0.25) is 0 Å². The van der Waals surface area contributed by atoms with Crippen LogP contribution in [0, 0.1) is 18.8 Å². The van der Waals surface area contributed by atoms with Gasteiger partial charge in [-0.1, -0.05) is 44.9 Å². The highest BCUT2D eigenvalue weighted by Gasteiger charge is 2.28. The lowest BCUT2D eigenvalue weighted by atomic mass is 9.78. The van der Waals surface area contributed by atoms with Gasteiger partial charge in [-0.25, -0.2) is 9.48 Å². The largest absolute Gasteiger partial charge is 0.451 e. The predicted molar refractivity (Wildman–Crippen MR) is 118 cm³/mol. The first-order valence-electron chi connectivity index (χ1n) is 10.4. The molecular weight excluding hydrogens is 398 g/mol. The SMILES string of the molecule is Cc1nn(-c2ccccc2)c2sc(C(=O)OCC(=O)N[C@H]3CCC[C@@H](C)[C@@H]3C)cc12. The number of esters is 1. The molecule has 1 N–H and O–H groups in total. The van der Waals surface area contributed by atoms with Gasteiger partial charge >= 0.3 is 5.97 Å². The first-order chi connectivity index (χ1) is 14.4. The van der Waals surface area contributed by atoms with E-state index in [-0.39, 0.29) is 18.6 Å². The lowest BCUT2D eigenvalue weighted by molar-refractivity contribution is -0.125. The fraction of sp³-hybridized carbons (Fsp3) is 0.435. The number of rotatable bonds is 5. The van der Waals surface area contributed by atoms with Crippen molar-refractivity contribution in [1.29, 1.82) is 0 Å². The van der Waals surface area contributed by atoms with Crippen LogP contribution in [0.15, 0.2) is 36.4 Å². The number of thiophene rings is 1. The van der Waals surface area contributed by atoms with Crippen molar-refractivity contribution in [1.82, 2.24) is 15.1 Å². The average molecular weight is 426 g/mol. The molecule has 1 aliphatic rings. The van der Waals surface area contributed by atoms with Crippen molar-refractivity contribution in [2.24, 2.45) is 11.8 Å². The summed E-state index contributed by atoms with van der Waals surface area (Å²) < 4.78 is 7.15. The van der Waals surface area contributed by atoms with Gasteiger partial charge in [0, 0.05) is 11.4 Å². The predicted octanol–water partition coefficient (Wildman–Crippen LogP) is 4.49. The number of carbonyl (C=O) groups excluding carboxylic acids is 2. The fourth-order valence-corrected chi connectivity index (χ4v) is 5.21. The number of hydrogen-bond donors (Lipinski definition) is 1. The van der Waals surface area contributed by atoms with Crippen LogP contribution < -0.4 is 5.32 Å². The highest BCUT2D eigenvalue weighted by Crippen LogP contribution is 2.31. The van der Waals surface area contributed by atoms with E-state index >= 15 is 0 Å². The summed E-state index contributed by atoms with van der Waals surface area (Å²) in [6, 6.07) is 11.8. The van der Waals surface area contributed by atoms with Crippen LogP contribution in [0.5, 0.6) is 0 Å². The van der Waals surface area contributed by atoms with Gasteiger partial charge in [0.1, 0.15) is 9.71 Å². The van der Waals surface area contributed by atoms with Crippen molar-refractivity contribution >= 4 is 33.4 Å². The van der Waals surface area contributed by atoms with Crippen molar-refractivity contribution in [2.75, 3.05) is 6.61 Å². The number of hydrogen-bond acceptors (Lipinski definition) is 5. The summed E-state index contributed by atoms with van der Waals surface area (Å²) in [4.78, 5) is 26.2. The molecule has 1 aliphatic carbocycles. The van der Waals surface area contributed by atoms with Crippen LogP contribution in [0.4, 0.5) is 0 Å². The van der Waals surface area contributed by atoms with Crippen LogP contribution in [-0.4, -0.2) is 34.3 Å². The molecule has 1 amide bonds. The Balaban J connectivity index is 1.42. The Hall–Kier alpha value is -2.67. The molecule has 0 aliphatic heterocycles. The quantitative estimate of drug-likeness (QED) is 0.611. The standard InChI is InChI=1S/C23H27N3O3S/c1-14-8-7-11-19(15(14)2)24-21(27)13-29-23(28)20-12-18-16(3)25-26(22(18)30-20)17-9-5-4-6-10-17/h4-6,9-10,12,14-15,19H,7-8,11,13H2,1-3H3,(H,24,27)/t14-,15+,19+/m1/s1. The molecule has 2 heterocycles.